The summed E-state index contributed by atoms with van der Waals surface area (Å²) in [4.78, 5) is 15.5. The third-order valence-corrected chi connectivity index (χ3v) is 12.5. The molecule has 2 aromatic rings. The number of fused-ring (bicyclic) bond motifs is 6. The Morgan fingerprint density at radius 2 is 1.86 bits per heavy atom. The highest BCUT2D eigenvalue weighted by atomic mass is 16.8. The predicted molar refractivity (Wildman–Crippen MR) is 156 cm³/mol. The second-order valence-corrected chi connectivity index (χ2v) is 14.5. The molecule has 10 nitrogen and oxygen atoms in total. The lowest BCUT2D eigenvalue weighted by atomic mass is 9.43. The highest BCUT2D eigenvalue weighted by Gasteiger charge is 2.62. The normalized spacial score (nSPS) is 39.5. The number of aromatic nitrogens is 1. The SMILES string of the molecule is CC(CCC(=O)N=Nc1c(O)[nH]c2cc([NH+]([O-])O)ccc12)C1CCC2C3C(O)CC4CC(O)CCC4(C)C3CCC12C. The number of quaternary nitrogens is 1. The highest BCUT2D eigenvalue weighted by Crippen LogP contribution is 2.68. The molecule has 230 valence electrons. The smallest absolute Gasteiger partial charge is 0.264 e. The van der Waals surface area contributed by atoms with E-state index in [0.717, 1.165) is 51.4 Å². The Balaban J connectivity index is 1.10. The Labute approximate surface area is 246 Å². The van der Waals surface area contributed by atoms with E-state index in [0.29, 0.717) is 52.8 Å². The van der Waals surface area contributed by atoms with Gasteiger partial charge in [-0.15, -0.1) is 10.2 Å². The van der Waals surface area contributed by atoms with Gasteiger partial charge in [0.1, 0.15) is 0 Å². The molecule has 4 saturated carbocycles. The third kappa shape index (κ3) is 4.89. The van der Waals surface area contributed by atoms with Crippen LogP contribution in [0.1, 0.15) is 85.0 Å². The van der Waals surface area contributed by atoms with Crippen LogP contribution in [0.4, 0.5) is 11.4 Å². The number of carbonyl (C=O) groups excluding carboxylic acids is 1. The van der Waals surface area contributed by atoms with Gasteiger partial charge in [-0.1, -0.05) is 20.8 Å². The van der Waals surface area contributed by atoms with Gasteiger partial charge in [0.05, 0.1) is 17.7 Å². The number of H-pyrrole nitrogens is 1. The first kappa shape index (κ1) is 29.7. The summed E-state index contributed by atoms with van der Waals surface area (Å²) in [7, 11) is 0. The maximum atomic E-state index is 12.8. The topological polar surface area (TPSA) is 166 Å². The molecule has 42 heavy (non-hydrogen) atoms. The number of aliphatic hydroxyl groups is 2. The fourth-order valence-corrected chi connectivity index (χ4v) is 10.3. The lowest BCUT2D eigenvalue weighted by molar-refractivity contribution is -0.991. The summed E-state index contributed by atoms with van der Waals surface area (Å²) in [5.41, 5.74) is 0.978. The number of benzene rings is 1. The van der Waals surface area contributed by atoms with Crippen LogP contribution in [0.5, 0.6) is 5.88 Å². The third-order valence-electron chi connectivity index (χ3n) is 12.5. The number of aliphatic hydroxyl groups excluding tert-OH is 2. The Kier molecular flexibility index (Phi) is 7.75. The van der Waals surface area contributed by atoms with Crippen molar-refractivity contribution in [1.29, 1.82) is 0 Å². The van der Waals surface area contributed by atoms with Gasteiger partial charge in [0.15, 0.2) is 11.4 Å². The highest BCUT2D eigenvalue weighted by molar-refractivity contribution is 5.95. The number of azo groups is 1. The van der Waals surface area contributed by atoms with Gasteiger partial charge < -0.3 is 25.5 Å². The summed E-state index contributed by atoms with van der Waals surface area (Å²) in [6.07, 6.45) is 8.58. The number of hydrogen-bond acceptors (Lipinski definition) is 7. The average molecular weight is 583 g/mol. The van der Waals surface area contributed by atoms with E-state index < -0.39 is 5.23 Å². The molecule has 1 amide bonds. The first-order valence-electron chi connectivity index (χ1n) is 15.8. The van der Waals surface area contributed by atoms with E-state index in [9.17, 15) is 30.5 Å². The lowest BCUT2D eigenvalue weighted by Crippen LogP contribution is -2.99. The Hall–Kier alpha value is -2.37. The van der Waals surface area contributed by atoms with Crippen LogP contribution < -0.4 is 5.23 Å². The summed E-state index contributed by atoms with van der Waals surface area (Å²) in [6.45, 7) is 7.12. The van der Waals surface area contributed by atoms with Crippen molar-refractivity contribution in [2.75, 3.05) is 0 Å². The van der Waals surface area contributed by atoms with Gasteiger partial charge in [-0.05, 0) is 110 Å². The molecule has 1 heterocycles. The van der Waals surface area contributed by atoms with E-state index in [1.54, 1.807) is 6.07 Å². The molecule has 4 fully saturated rings. The average Bonchev–Trinajstić information content (AvgIpc) is 3.46. The van der Waals surface area contributed by atoms with Crippen LogP contribution in [0.15, 0.2) is 28.4 Å². The van der Waals surface area contributed by atoms with Crippen LogP contribution in [-0.4, -0.2) is 43.6 Å². The largest absolute Gasteiger partial charge is 0.595 e. The van der Waals surface area contributed by atoms with Crippen molar-refractivity contribution >= 4 is 28.2 Å². The van der Waals surface area contributed by atoms with Crippen molar-refractivity contribution in [2.45, 2.75) is 97.2 Å². The first-order chi connectivity index (χ1) is 19.9. The summed E-state index contributed by atoms with van der Waals surface area (Å²) < 4.78 is 0. The van der Waals surface area contributed by atoms with E-state index in [1.807, 2.05) is 0 Å². The maximum absolute atomic E-state index is 12.8. The van der Waals surface area contributed by atoms with Crippen molar-refractivity contribution < 1.29 is 30.5 Å². The fraction of sp³-hybridized carbons (Fsp3) is 0.719. The van der Waals surface area contributed by atoms with Crippen molar-refractivity contribution in [3.05, 3.63) is 23.4 Å². The van der Waals surface area contributed by atoms with Gasteiger partial charge in [0, 0.05) is 23.9 Å². The lowest BCUT2D eigenvalue weighted by Gasteiger charge is -2.62. The minimum atomic E-state index is -1.07. The van der Waals surface area contributed by atoms with Crippen LogP contribution in [0, 0.1) is 51.5 Å². The zero-order valence-electron chi connectivity index (χ0n) is 24.9. The molecule has 11 atom stereocenters. The van der Waals surface area contributed by atoms with Gasteiger partial charge in [0.2, 0.25) is 5.88 Å². The maximum Gasteiger partial charge on any atom is 0.264 e. The Bertz CT molecular complexity index is 1360. The van der Waals surface area contributed by atoms with Gasteiger partial charge >= 0.3 is 0 Å². The number of hydrogen-bond donors (Lipinski definition) is 6. The molecule has 0 saturated heterocycles. The van der Waals surface area contributed by atoms with Crippen molar-refractivity contribution in [2.24, 2.45) is 56.6 Å². The van der Waals surface area contributed by atoms with E-state index in [2.05, 4.69) is 36.0 Å². The molecule has 0 aliphatic heterocycles. The van der Waals surface area contributed by atoms with Crippen LogP contribution in [0.3, 0.4) is 0 Å². The molecule has 0 spiro atoms. The quantitative estimate of drug-likeness (QED) is 0.200. The second-order valence-electron chi connectivity index (χ2n) is 14.5. The summed E-state index contributed by atoms with van der Waals surface area (Å²) in [5.74, 6) is 1.96. The van der Waals surface area contributed by atoms with Gasteiger partial charge in [-0.2, -0.15) is 5.23 Å². The van der Waals surface area contributed by atoms with Crippen molar-refractivity contribution in [3.8, 4) is 5.88 Å². The zero-order chi connectivity index (χ0) is 30.0. The molecule has 4 aliphatic rings. The van der Waals surface area contributed by atoms with Gasteiger partial charge in [0.25, 0.3) is 5.91 Å². The van der Waals surface area contributed by atoms with E-state index >= 15 is 0 Å². The number of amides is 1. The second kappa shape index (κ2) is 11.0. The minimum Gasteiger partial charge on any atom is -0.595 e. The number of nitrogens with zero attached hydrogens (tertiary/aromatic N) is 2. The summed E-state index contributed by atoms with van der Waals surface area (Å²) in [6, 6.07) is 4.38. The summed E-state index contributed by atoms with van der Waals surface area (Å²) >= 11 is 0. The van der Waals surface area contributed by atoms with Gasteiger partial charge in [-0.3, -0.25) is 4.79 Å². The van der Waals surface area contributed by atoms with E-state index in [-0.39, 0.29) is 52.6 Å². The fourth-order valence-electron chi connectivity index (χ4n) is 10.3. The van der Waals surface area contributed by atoms with Crippen molar-refractivity contribution in [3.63, 3.8) is 0 Å². The standard InChI is InChI=1S/C32H46N4O6/c1-17(4-9-27(39)34-35-29-21-6-5-19(36(41)42)16-25(21)33-30(29)40)22-7-8-23-28-24(11-13-32(22,23)3)31(2)12-10-20(37)14-18(31)15-26(28)38/h5-6,16-18,20,22-24,26,28,33,36-38,40-41H,4,7-15H2,1-3H3. The molecular formula is C32H46N4O6. The van der Waals surface area contributed by atoms with E-state index in [4.69, 9.17) is 0 Å². The van der Waals surface area contributed by atoms with Crippen LogP contribution in [0.25, 0.3) is 10.9 Å². The molecule has 0 radical (unpaired) electrons. The van der Waals surface area contributed by atoms with E-state index in [1.165, 1.54) is 12.1 Å². The molecule has 6 N–H and O–H groups in total. The summed E-state index contributed by atoms with van der Waals surface area (Å²) in [5, 5.41) is 59.9. The van der Waals surface area contributed by atoms with Crippen LogP contribution in [-0.2, 0) is 4.79 Å². The molecule has 1 aromatic heterocycles. The zero-order valence-corrected chi connectivity index (χ0v) is 24.9. The Morgan fingerprint density at radius 3 is 2.62 bits per heavy atom. The number of aromatic amines is 1. The molecule has 0 bridgehead atoms. The number of nitrogens with one attached hydrogen (secondary N) is 2. The molecule has 11 unspecified atom stereocenters. The molecule has 6 rings (SSSR count). The van der Waals surface area contributed by atoms with Gasteiger partial charge in [-0.25, -0.2) is 5.21 Å². The molecule has 4 aliphatic carbocycles. The van der Waals surface area contributed by atoms with Crippen molar-refractivity contribution in [1.82, 2.24) is 4.98 Å². The first-order valence-corrected chi connectivity index (χ1v) is 15.8. The molecule has 10 heteroatoms. The Morgan fingerprint density at radius 1 is 1.12 bits per heavy atom. The predicted octanol–water partition coefficient (Wildman–Crippen LogP) is 5.29. The number of aromatic hydroxyl groups is 1. The van der Waals surface area contributed by atoms with Crippen LogP contribution >= 0.6 is 0 Å². The number of rotatable bonds is 6. The number of carbonyl (C=O) groups is 1. The molecule has 1 aromatic carbocycles. The monoisotopic (exact) mass is 582 g/mol. The van der Waals surface area contributed by atoms with Crippen LogP contribution in [0.2, 0.25) is 0 Å². The molecular weight excluding hydrogens is 536 g/mol. The minimum absolute atomic E-state index is 0.0823.